The smallest absolute Gasteiger partial charge is 0.193 e. The number of nitrogens with zero attached hydrogens (tertiary/aromatic N) is 4. The standard InChI is InChI=1S/C23H39N5OS/c1-3-24-23(28-10-8-19(18-28)17-27-11-13-29-14-12-27)25-16-20-6-4-9-26(2)22(20)21-7-5-15-30-21/h5,7,15,19-20,22H,3-4,6,8-14,16-18H2,1-2H3,(H,24,25). The SMILES string of the molecule is CCNC(=NCC1CCCN(C)C1c1cccs1)N1CCC(CN2CCOCC2)C1. The van der Waals surface area contributed by atoms with E-state index < -0.39 is 0 Å². The zero-order valence-electron chi connectivity index (χ0n) is 18.8. The van der Waals surface area contributed by atoms with Crippen molar-refractivity contribution in [3.05, 3.63) is 22.4 Å². The molecule has 4 heterocycles. The number of nitrogens with one attached hydrogen (secondary N) is 1. The third-order valence-electron chi connectivity index (χ3n) is 6.86. The molecule has 6 nitrogen and oxygen atoms in total. The molecule has 3 saturated heterocycles. The molecular weight excluding hydrogens is 394 g/mol. The number of ether oxygens (including phenoxy) is 1. The Balaban J connectivity index is 1.37. The van der Waals surface area contributed by atoms with Crippen molar-refractivity contribution in [3.63, 3.8) is 0 Å². The van der Waals surface area contributed by atoms with E-state index in [9.17, 15) is 0 Å². The number of hydrogen-bond acceptors (Lipinski definition) is 5. The third kappa shape index (κ3) is 5.55. The summed E-state index contributed by atoms with van der Waals surface area (Å²) in [6.07, 6.45) is 3.82. The van der Waals surface area contributed by atoms with E-state index in [1.807, 2.05) is 11.3 Å². The summed E-state index contributed by atoms with van der Waals surface area (Å²) in [5, 5.41) is 5.79. The molecule has 0 amide bonds. The topological polar surface area (TPSA) is 43.3 Å². The Morgan fingerprint density at radius 2 is 2.10 bits per heavy atom. The summed E-state index contributed by atoms with van der Waals surface area (Å²) in [5.74, 6) is 2.47. The van der Waals surface area contributed by atoms with Crippen LogP contribution in [0.1, 0.15) is 37.1 Å². The molecule has 3 atom stereocenters. The van der Waals surface area contributed by atoms with Gasteiger partial charge in [0, 0.05) is 56.7 Å². The first-order valence-corrected chi connectivity index (χ1v) is 12.7. The molecule has 0 aromatic carbocycles. The van der Waals surface area contributed by atoms with Crippen LogP contribution < -0.4 is 5.32 Å². The van der Waals surface area contributed by atoms with Gasteiger partial charge in [0.05, 0.1) is 13.2 Å². The Kier molecular flexibility index (Phi) is 8.04. The van der Waals surface area contributed by atoms with Gasteiger partial charge in [-0.25, -0.2) is 0 Å². The molecule has 1 aromatic heterocycles. The van der Waals surface area contributed by atoms with Gasteiger partial charge in [-0.3, -0.25) is 14.8 Å². The van der Waals surface area contributed by atoms with Gasteiger partial charge in [0.15, 0.2) is 5.96 Å². The van der Waals surface area contributed by atoms with Crippen LogP contribution in [0.4, 0.5) is 0 Å². The minimum atomic E-state index is 0.512. The summed E-state index contributed by atoms with van der Waals surface area (Å²) >= 11 is 1.89. The Hall–Kier alpha value is -1.15. The second-order valence-corrected chi connectivity index (χ2v) is 10.0. The van der Waals surface area contributed by atoms with Crippen LogP contribution in [0.15, 0.2) is 22.5 Å². The molecule has 168 valence electrons. The first-order chi connectivity index (χ1) is 14.7. The molecule has 0 radical (unpaired) electrons. The molecule has 4 rings (SSSR count). The van der Waals surface area contributed by atoms with E-state index in [1.165, 1.54) is 37.2 Å². The van der Waals surface area contributed by atoms with E-state index in [0.717, 1.165) is 64.4 Å². The van der Waals surface area contributed by atoms with Gasteiger partial charge in [0.25, 0.3) is 0 Å². The molecule has 3 aliphatic rings. The lowest BCUT2D eigenvalue weighted by molar-refractivity contribution is 0.0315. The van der Waals surface area contributed by atoms with Crippen molar-refractivity contribution in [1.82, 2.24) is 20.0 Å². The number of thiophene rings is 1. The fourth-order valence-electron chi connectivity index (χ4n) is 5.31. The van der Waals surface area contributed by atoms with Crippen LogP contribution in [0.3, 0.4) is 0 Å². The van der Waals surface area contributed by atoms with Crippen LogP contribution in [0.5, 0.6) is 0 Å². The quantitative estimate of drug-likeness (QED) is 0.552. The van der Waals surface area contributed by atoms with Crippen LogP contribution in [-0.4, -0.2) is 93.3 Å². The monoisotopic (exact) mass is 433 g/mol. The van der Waals surface area contributed by atoms with Gasteiger partial charge in [0.2, 0.25) is 0 Å². The van der Waals surface area contributed by atoms with Crippen LogP contribution >= 0.6 is 11.3 Å². The number of piperidine rings is 1. The Morgan fingerprint density at radius 3 is 2.87 bits per heavy atom. The van der Waals surface area contributed by atoms with Gasteiger partial charge < -0.3 is 15.0 Å². The number of likely N-dealkylation sites (tertiary alicyclic amines) is 2. The molecule has 0 saturated carbocycles. The van der Waals surface area contributed by atoms with Gasteiger partial charge in [-0.1, -0.05) is 6.07 Å². The average molecular weight is 434 g/mol. The Labute approximate surface area is 186 Å². The van der Waals surface area contributed by atoms with Crippen molar-refractivity contribution >= 4 is 17.3 Å². The molecule has 3 aliphatic heterocycles. The lowest BCUT2D eigenvalue weighted by Crippen LogP contribution is -2.43. The molecule has 3 fully saturated rings. The second-order valence-electron chi connectivity index (χ2n) is 9.05. The number of aliphatic imine (C=N–C) groups is 1. The van der Waals surface area contributed by atoms with Gasteiger partial charge in [0.1, 0.15) is 0 Å². The molecule has 7 heteroatoms. The van der Waals surface area contributed by atoms with Gasteiger partial charge in [-0.05, 0) is 63.1 Å². The first-order valence-electron chi connectivity index (χ1n) is 11.8. The lowest BCUT2D eigenvalue weighted by atomic mass is 9.88. The average Bonchev–Trinajstić information content (AvgIpc) is 3.44. The molecular formula is C23H39N5OS. The van der Waals surface area contributed by atoms with Crippen molar-refractivity contribution < 1.29 is 4.74 Å². The summed E-state index contributed by atoms with van der Waals surface area (Å²) in [6, 6.07) is 5.00. The van der Waals surface area contributed by atoms with E-state index in [0.29, 0.717) is 12.0 Å². The first kappa shape index (κ1) is 22.1. The summed E-state index contributed by atoms with van der Waals surface area (Å²) in [5.41, 5.74) is 0. The normalized spacial score (nSPS) is 29.5. The van der Waals surface area contributed by atoms with Crippen molar-refractivity contribution in [2.24, 2.45) is 16.8 Å². The van der Waals surface area contributed by atoms with Crippen LogP contribution in [-0.2, 0) is 4.74 Å². The maximum absolute atomic E-state index is 5.50. The van der Waals surface area contributed by atoms with Crippen LogP contribution in [0.25, 0.3) is 0 Å². The Bertz CT molecular complexity index is 661. The minimum absolute atomic E-state index is 0.512. The molecule has 1 N–H and O–H groups in total. The predicted octanol–water partition coefficient (Wildman–Crippen LogP) is 2.75. The van der Waals surface area contributed by atoms with Gasteiger partial charge in [-0.2, -0.15) is 0 Å². The molecule has 30 heavy (non-hydrogen) atoms. The highest BCUT2D eigenvalue weighted by molar-refractivity contribution is 7.10. The van der Waals surface area contributed by atoms with Crippen molar-refractivity contribution in [2.75, 3.05) is 72.6 Å². The lowest BCUT2D eigenvalue weighted by Gasteiger charge is -2.38. The zero-order valence-corrected chi connectivity index (χ0v) is 19.6. The molecule has 0 bridgehead atoms. The largest absolute Gasteiger partial charge is 0.379 e. The number of guanidine groups is 1. The van der Waals surface area contributed by atoms with E-state index in [2.05, 4.69) is 51.5 Å². The molecule has 1 aromatic rings. The van der Waals surface area contributed by atoms with Crippen molar-refractivity contribution in [3.8, 4) is 0 Å². The van der Waals surface area contributed by atoms with E-state index in [1.54, 1.807) is 0 Å². The van der Waals surface area contributed by atoms with Crippen LogP contribution in [0.2, 0.25) is 0 Å². The van der Waals surface area contributed by atoms with Gasteiger partial charge in [-0.15, -0.1) is 11.3 Å². The third-order valence-corrected chi connectivity index (χ3v) is 7.80. The van der Waals surface area contributed by atoms with Crippen molar-refractivity contribution in [1.29, 1.82) is 0 Å². The van der Waals surface area contributed by atoms with E-state index in [4.69, 9.17) is 9.73 Å². The molecule has 3 unspecified atom stereocenters. The highest BCUT2D eigenvalue weighted by atomic mass is 32.1. The minimum Gasteiger partial charge on any atom is -0.379 e. The number of hydrogen-bond donors (Lipinski definition) is 1. The maximum atomic E-state index is 5.50. The summed E-state index contributed by atoms with van der Waals surface area (Å²) in [7, 11) is 2.28. The molecule has 0 spiro atoms. The highest BCUT2D eigenvalue weighted by Gasteiger charge is 2.32. The second kappa shape index (κ2) is 10.9. The van der Waals surface area contributed by atoms with Crippen molar-refractivity contribution in [2.45, 2.75) is 32.2 Å². The summed E-state index contributed by atoms with van der Waals surface area (Å²) in [6.45, 7) is 12.6. The fraction of sp³-hybridized carbons (Fsp3) is 0.783. The Morgan fingerprint density at radius 1 is 1.23 bits per heavy atom. The van der Waals surface area contributed by atoms with E-state index >= 15 is 0 Å². The van der Waals surface area contributed by atoms with Crippen LogP contribution in [0, 0.1) is 11.8 Å². The highest BCUT2D eigenvalue weighted by Crippen LogP contribution is 2.37. The van der Waals surface area contributed by atoms with Gasteiger partial charge >= 0.3 is 0 Å². The maximum Gasteiger partial charge on any atom is 0.193 e. The summed E-state index contributed by atoms with van der Waals surface area (Å²) < 4.78 is 5.50. The molecule has 0 aliphatic carbocycles. The zero-order chi connectivity index (χ0) is 20.8. The number of morpholine rings is 1. The summed E-state index contributed by atoms with van der Waals surface area (Å²) in [4.78, 5) is 14.3. The predicted molar refractivity (Wildman–Crippen MR) is 125 cm³/mol. The fourth-order valence-corrected chi connectivity index (χ4v) is 6.30. The van der Waals surface area contributed by atoms with E-state index in [-0.39, 0.29) is 0 Å². The number of rotatable bonds is 6.